The lowest BCUT2D eigenvalue weighted by Gasteiger charge is -2.25. The third-order valence-electron chi connectivity index (χ3n) is 6.53. The zero-order valence-electron chi connectivity index (χ0n) is 21.1. The summed E-state index contributed by atoms with van der Waals surface area (Å²) in [6, 6.07) is 15.6. The van der Waals surface area contributed by atoms with Gasteiger partial charge in [0.25, 0.3) is 5.91 Å². The molecule has 0 saturated carbocycles. The van der Waals surface area contributed by atoms with Gasteiger partial charge in [0.2, 0.25) is 0 Å². The molecule has 2 unspecified atom stereocenters. The van der Waals surface area contributed by atoms with E-state index in [1.807, 2.05) is 24.3 Å². The van der Waals surface area contributed by atoms with Crippen LogP contribution in [0, 0.1) is 0 Å². The zero-order chi connectivity index (χ0) is 28.0. The monoisotopic (exact) mass is 565 g/mol. The Bertz CT molecular complexity index is 1220. The highest BCUT2D eigenvalue weighted by molar-refractivity contribution is 7.99. The largest absolute Gasteiger partial charge is 0.416 e. The third kappa shape index (κ3) is 7.69. The van der Waals surface area contributed by atoms with Crippen molar-refractivity contribution in [2.75, 3.05) is 23.8 Å². The minimum atomic E-state index is -4.44. The molecule has 1 amide bonds. The maximum absolute atomic E-state index is 12.9. The van der Waals surface area contributed by atoms with Gasteiger partial charge in [-0.3, -0.25) is 4.79 Å². The quantitative estimate of drug-likeness (QED) is 0.218. The number of ether oxygens (including phenoxy) is 1. The second-order valence-electron chi connectivity index (χ2n) is 9.12. The molecule has 1 aliphatic rings. The molecule has 1 aromatic heterocycles. The summed E-state index contributed by atoms with van der Waals surface area (Å²) in [5, 5.41) is 2.86. The van der Waals surface area contributed by atoms with Crippen LogP contribution >= 0.6 is 11.8 Å². The molecule has 2 atom stereocenters. The summed E-state index contributed by atoms with van der Waals surface area (Å²) in [5.41, 5.74) is 1.23. The first-order chi connectivity index (χ1) is 18.6. The van der Waals surface area contributed by atoms with Gasteiger partial charge in [0.05, 0.1) is 23.8 Å². The van der Waals surface area contributed by atoms with E-state index in [4.69, 9.17) is 0 Å². The first kappa shape index (κ1) is 28.8. The van der Waals surface area contributed by atoms with E-state index in [-0.39, 0.29) is 18.4 Å². The fourth-order valence-electron chi connectivity index (χ4n) is 4.57. The summed E-state index contributed by atoms with van der Waals surface area (Å²) in [5.74, 6) is 0.938. The van der Waals surface area contributed by atoms with Crippen LogP contribution in [0.3, 0.4) is 0 Å². The SMILES string of the molecule is CCSc1ccc(CNC(=O)c2ccc(N3CC(c4ccc(C(F)(F)F)cc4)CC3COC(F)F)nc2)cc1. The Hall–Kier alpha value is -3.18. The Labute approximate surface area is 227 Å². The molecule has 0 aliphatic carbocycles. The van der Waals surface area contributed by atoms with Gasteiger partial charge < -0.3 is 15.0 Å². The van der Waals surface area contributed by atoms with Crippen molar-refractivity contribution in [3.8, 4) is 0 Å². The summed E-state index contributed by atoms with van der Waals surface area (Å²) in [4.78, 5) is 20.0. The molecule has 39 heavy (non-hydrogen) atoms. The van der Waals surface area contributed by atoms with Gasteiger partial charge in [-0.2, -0.15) is 22.0 Å². The lowest BCUT2D eigenvalue weighted by atomic mass is 9.95. The van der Waals surface area contributed by atoms with Gasteiger partial charge in [0.1, 0.15) is 5.82 Å². The molecule has 208 valence electrons. The Balaban J connectivity index is 1.42. The second kappa shape index (κ2) is 12.8. The first-order valence-electron chi connectivity index (χ1n) is 12.4. The van der Waals surface area contributed by atoms with Crippen molar-refractivity contribution in [3.05, 3.63) is 89.1 Å². The molecule has 0 bridgehead atoms. The molecule has 5 nitrogen and oxygen atoms in total. The molecule has 1 fully saturated rings. The van der Waals surface area contributed by atoms with Crippen molar-refractivity contribution in [1.29, 1.82) is 0 Å². The summed E-state index contributed by atoms with van der Waals surface area (Å²) in [7, 11) is 0. The highest BCUT2D eigenvalue weighted by atomic mass is 32.2. The number of hydrogen-bond donors (Lipinski definition) is 1. The number of rotatable bonds is 10. The number of carbonyl (C=O) groups excluding carboxylic acids is 1. The van der Waals surface area contributed by atoms with Gasteiger partial charge in [0, 0.05) is 30.1 Å². The highest BCUT2D eigenvalue weighted by Gasteiger charge is 2.35. The van der Waals surface area contributed by atoms with E-state index in [0.29, 0.717) is 36.5 Å². The second-order valence-corrected chi connectivity index (χ2v) is 10.5. The van der Waals surface area contributed by atoms with E-state index >= 15 is 0 Å². The van der Waals surface area contributed by atoms with Crippen LogP contribution in [0.15, 0.2) is 71.8 Å². The van der Waals surface area contributed by atoms with Crippen molar-refractivity contribution < 1.29 is 31.5 Å². The van der Waals surface area contributed by atoms with Crippen LogP contribution in [0.2, 0.25) is 0 Å². The minimum absolute atomic E-state index is 0.203. The number of nitrogens with zero attached hydrogens (tertiary/aromatic N) is 2. The Morgan fingerprint density at radius 3 is 2.41 bits per heavy atom. The number of hydrogen-bond acceptors (Lipinski definition) is 5. The topological polar surface area (TPSA) is 54.5 Å². The molecule has 0 spiro atoms. The van der Waals surface area contributed by atoms with Crippen molar-refractivity contribution in [1.82, 2.24) is 10.3 Å². The summed E-state index contributed by atoms with van der Waals surface area (Å²) >= 11 is 1.74. The normalized spacial score (nSPS) is 17.6. The molecular weight excluding hydrogens is 537 g/mol. The fourth-order valence-corrected chi connectivity index (χ4v) is 5.23. The number of alkyl halides is 5. The molecule has 3 aromatic rings. The van der Waals surface area contributed by atoms with Gasteiger partial charge in [0.15, 0.2) is 0 Å². The number of anilines is 1. The molecule has 1 aliphatic heterocycles. The number of nitrogens with one attached hydrogen (secondary N) is 1. The molecule has 11 heteroatoms. The van der Waals surface area contributed by atoms with Gasteiger partial charge >= 0.3 is 12.8 Å². The van der Waals surface area contributed by atoms with E-state index in [2.05, 4.69) is 22.0 Å². The van der Waals surface area contributed by atoms with Gasteiger partial charge in [-0.1, -0.05) is 31.2 Å². The summed E-state index contributed by atoms with van der Waals surface area (Å²) in [6.07, 6.45) is -2.62. The lowest BCUT2D eigenvalue weighted by Crippen LogP contribution is -2.34. The lowest BCUT2D eigenvalue weighted by molar-refractivity contribution is -0.137. The molecule has 2 aromatic carbocycles. The Morgan fingerprint density at radius 2 is 1.82 bits per heavy atom. The molecule has 0 radical (unpaired) electrons. The van der Waals surface area contributed by atoms with E-state index in [1.165, 1.54) is 18.3 Å². The van der Waals surface area contributed by atoms with Crippen LogP contribution in [-0.4, -0.2) is 42.4 Å². The van der Waals surface area contributed by atoms with Crippen molar-refractivity contribution in [2.24, 2.45) is 0 Å². The van der Waals surface area contributed by atoms with E-state index < -0.39 is 24.4 Å². The van der Waals surface area contributed by atoms with Gasteiger partial charge in [-0.15, -0.1) is 11.8 Å². The number of carbonyl (C=O) groups is 1. The third-order valence-corrected chi connectivity index (χ3v) is 7.42. The molecule has 1 saturated heterocycles. The van der Waals surface area contributed by atoms with Crippen LogP contribution in [0.4, 0.5) is 27.8 Å². The van der Waals surface area contributed by atoms with Crippen molar-refractivity contribution in [3.63, 3.8) is 0 Å². The molecular formula is C28H28F5N3O2S. The standard InChI is InChI=1S/C28H28F5N3O2S/c1-2-39-24-10-3-18(4-11-24)14-35-26(37)20-7-12-25(34-15-20)36-16-21(13-23(36)17-38-27(29)30)19-5-8-22(9-6-19)28(31,32)33/h3-12,15,21,23,27H,2,13-14,16-17H2,1H3,(H,35,37). The van der Waals surface area contributed by atoms with E-state index in [1.54, 1.807) is 28.8 Å². The molecule has 4 rings (SSSR count). The number of amides is 1. The average molecular weight is 566 g/mol. The van der Waals surface area contributed by atoms with Crippen LogP contribution in [0.25, 0.3) is 0 Å². The zero-order valence-corrected chi connectivity index (χ0v) is 21.9. The Kier molecular flexibility index (Phi) is 9.45. The molecule has 2 heterocycles. The summed E-state index contributed by atoms with van der Waals surface area (Å²) in [6.45, 7) is -0.429. The first-order valence-corrected chi connectivity index (χ1v) is 13.4. The highest BCUT2D eigenvalue weighted by Crippen LogP contribution is 2.36. The average Bonchev–Trinajstić information content (AvgIpc) is 3.35. The van der Waals surface area contributed by atoms with Gasteiger partial charge in [-0.05, 0) is 59.7 Å². The predicted molar refractivity (Wildman–Crippen MR) is 140 cm³/mol. The fraction of sp³-hybridized carbons (Fsp3) is 0.357. The predicted octanol–water partition coefficient (Wildman–Crippen LogP) is 6.74. The van der Waals surface area contributed by atoms with E-state index in [0.717, 1.165) is 28.3 Å². The summed E-state index contributed by atoms with van der Waals surface area (Å²) < 4.78 is 69.0. The number of pyridine rings is 1. The number of aromatic nitrogens is 1. The van der Waals surface area contributed by atoms with E-state index in [9.17, 15) is 26.7 Å². The molecule has 1 N–H and O–H groups in total. The number of halogens is 5. The minimum Gasteiger partial charge on any atom is -0.351 e. The van der Waals surface area contributed by atoms with Crippen LogP contribution in [0.1, 0.15) is 46.3 Å². The van der Waals surface area contributed by atoms with Crippen LogP contribution in [-0.2, 0) is 17.5 Å². The smallest absolute Gasteiger partial charge is 0.351 e. The maximum Gasteiger partial charge on any atom is 0.416 e. The number of thioether (sulfide) groups is 1. The van der Waals surface area contributed by atoms with Crippen LogP contribution in [0.5, 0.6) is 0 Å². The maximum atomic E-state index is 12.9. The van der Waals surface area contributed by atoms with Crippen molar-refractivity contribution >= 4 is 23.5 Å². The van der Waals surface area contributed by atoms with Crippen molar-refractivity contribution in [2.45, 2.75) is 49.5 Å². The van der Waals surface area contributed by atoms with Crippen LogP contribution < -0.4 is 10.2 Å². The Morgan fingerprint density at radius 1 is 1.10 bits per heavy atom. The van der Waals surface area contributed by atoms with Gasteiger partial charge in [-0.25, -0.2) is 4.98 Å². The number of benzene rings is 2.